The van der Waals surface area contributed by atoms with Crippen LogP contribution in [0.2, 0.25) is 0 Å². The fourth-order valence-corrected chi connectivity index (χ4v) is 1.35. The first-order valence-electron chi connectivity index (χ1n) is 5.43. The Kier molecular flexibility index (Phi) is 4.63. The van der Waals surface area contributed by atoms with Crippen LogP contribution in [0.4, 0.5) is 4.79 Å². The van der Waals surface area contributed by atoms with E-state index in [1.54, 1.807) is 20.0 Å². The number of rotatable bonds is 4. The lowest BCUT2D eigenvalue weighted by Gasteiger charge is -2.16. The zero-order valence-electron chi connectivity index (χ0n) is 10.0. The highest BCUT2D eigenvalue weighted by molar-refractivity contribution is 5.67. The third-order valence-corrected chi connectivity index (χ3v) is 2.36. The van der Waals surface area contributed by atoms with Crippen LogP contribution in [0.15, 0.2) is 18.2 Å². The van der Waals surface area contributed by atoms with Crippen LogP contribution in [0.25, 0.3) is 0 Å². The highest BCUT2D eigenvalue weighted by Gasteiger charge is 2.09. The number of nitrogens with zero attached hydrogens (tertiary/aromatic N) is 1. The summed E-state index contributed by atoms with van der Waals surface area (Å²) in [6.07, 6.45) is 0.221. The summed E-state index contributed by atoms with van der Waals surface area (Å²) in [5.41, 5.74) is 0.844. The number of phenolic OH excluding ortho intramolecular Hbond substituents is 2. The molecule has 0 fully saturated rings. The Morgan fingerprint density at radius 2 is 2.06 bits per heavy atom. The number of carbonyl (C=O) groups excluding carboxylic acids is 1. The molecule has 0 bridgehead atoms. The predicted octanol–water partition coefficient (Wildman–Crippen LogP) is 1.73. The van der Waals surface area contributed by atoms with Gasteiger partial charge in [-0.05, 0) is 31.0 Å². The Morgan fingerprint density at radius 3 is 2.65 bits per heavy atom. The van der Waals surface area contributed by atoms with Crippen LogP contribution in [0.5, 0.6) is 11.5 Å². The number of hydrogen-bond donors (Lipinski definition) is 2. The Bertz CT molecular complexity index is 392. The quantitative estimate of drug-likeness (QED) is 0.785. The number of ether oxygens (including phenoxy) is 1. The molecular weight excluding hydrogens is 222 g/mol. The van der Waals surface area contributed by atoms with Gasteiger partial charge < -0.3 is 19.8 Å². The summed E-state index contributed by atoms with van der Waals surface area (Å²) in [5.74, 6) is -0.297. The van der Waals surface area contributed by atoms with E-state index in [4.69, 9.17) is 9.84 Å². The van der Waals surface area contributed by atoms with E-state index in [-0.39, 0.29) is 17.6 Å². The third kappa shape index (κ3) is 3.86. The van der Waals surface area contributed by atoms with Crippen LogP contribution in [0.1, 0.15) is 12.5 Å². The maximum atomic E-state index is 11.3. The number of benzene rings is 1. The zero-order valence-corrected chi connectivity index (χ0v) is 10.0. The fraction of sp³-hybridized carbons (Fsp3) is 0.417. The standard InChI is InChI=1S/C12H17NO4/c1-3-17-12(16)13(2)7-6-9-4-5-10(14)11(15)8-9/h4-5,8,14-15H,3,6-7H2,1-2H3. The minimum absolute atomic E-state index is 0.146. The summed E-state index contributed by atoms with van der Waals surface area (Å²) in [6, 6.07) is 4.61. The molecule has 2 N–H and O–H groups in total. The van der Waals surface area contributed by atoms with E-state index in [0.29, 0.717) is 19.6 Å². The third-order valence-electron chi connectivity index (χ3n) is 2.36. The molecule has 0 aliphatic carbocycles. The molecule has 5 heteroatoms. The van der Waals surface area contributed by atoms with Crippen molar-refractivity contribution in [3.63, 3.8) is 0 Å². The van der Waals surface area contributed by atoms with Gasteiger partial charge in [0, 0.05) is 13.6 Å². The van der Waals surface area contributed by atoms with E-state index in [1.165, 1.54) is 17.0 Å². The second kappa shape index (κ2) is 5.98. The first-order valence-corrected chi connectivity index (χ1v) is 5.43. The Hall–Kier alpha value is -1.91. The van der Waals surface area contributed by atoms with Gasteiger partial charge in [-0.3, -0.25) is 0 Å². The molecule has 0 aliphatic heterocycles. The Balaban J connectivity index is 2.50. The van der Waals surface area contributed by atoms with Gasteiger partial charge in [-0.25, -0.2) is 4.79 Å². The molecule has 0 radical (unpaired) electrons. The number of phenols is 2. The molecule has 0 atom stereocenters. The average molecular weight is 239 g/mol. The van der Waals surface area contributed by atoms with Gasteiger partial charge in [-0.1, -0.05) is 6.07 Å². The van der Waals surface area contributed by atoms with Crippen LogP contribution in [-0.4, -0.2) is 41.4 Å². The van der Waals surface area contributed by atoms with Gasteiger partial charge in [-0.2, -0.15) is 0 Å². The molecule has 0 heterocycles. The van der Waals surface area contributed by atoms with Crippen LogP contribution in [0.3, 0.4) is 0 Å². The Morgan fingerprint density at radius 1 is 1.35 bits per heavy atom. The number of carbonyl (C=O) groups is 1. The lowest BCUT2D eigenvalue weighted by Crippen LogP contribution is -2.29. The Labute approximate surface area is 100 Å². The van der Waals surface area contributed by atoms with Crippen LogP contribution >= 0.6 is 0 Å². The number of likely N-dealkylation sites (N-methyl/N-ethyl adjacent to an activating group) is 1. The summed E-state index contributed by atoms with van der Waals surface area (Å²) in [4.78, 5) is 12.8. The van der Waals surface area contributed by atoms with Crippen molar-refractivity contribution in [1.29, 1.82) is 0 Å². The molecule has 1 rings (SSSR count). The monoisotopic (exact) mass is 239 g/mol. The van der Waals surface area contributed by atoms with Gasteiger partial charge in [-0.15, -0.1) is 0 Å². The minimum atomic E-state index is -0.365. The molecule has 1 aromatic rings. The first kappa shape index (κ1) is 13.2. The van der Waals surface area contributed by atoms with Crippen molar-refractivity contribution in [2.45, 2.75) is 13.3 Å². The molecule has 1 aromatic carbocycles. The van der Waals surface area contributed by atoms with E-state index in [9.17, 15) is 9.90 Å². The molecule has 5 nitrogen and oxygen atoms in total. The van der Waals surface area contributed by atoms with E-state index in [2.05, 4.69) is 0 Å². The van der Waals surface area contributed by atoms with Gasteiger partial charge in [0.05, 0.1) is 6.61 Å². The summed E-state index contributed by atoms with van der Waals surface area (Å²) in [5, 5.41) is 18.4. The van der Waals surface area contributed by atoms with Crippen LogP contribution < -0.4 is 0 Å². The predicted molar refractivity (Wildman–Crippen MR) is 63.1 cm³/mol. The topological polar surface area (TPSA) is 70.0 Å². The van der Waals surface area contributed by atoms with Crippen molar-refractivity contribution in [1.82, 2.24) is 4.90 Å². The summed E-state index contributed by atoms with van der Waals surface area (Å²) < 4.78 is 4.83. The van der Waals surface area contributed by atoms with Gasteiger partial charge in [0.2, 0.25) is 0 Å². The van der Waals surface area contributed by atoms with Crippen molar-refractivity contribution in [3.05, 3.63) is 23.8 Å². The molecular formula is C12H17NO4. The van der Waals surface area contributed by atoms with Crippen molar-refractivity contribution >= 4 is 6.09 Å². The zero-order chi connectivity index (χ0) is 12.8. The second-order valence-corrected chi connectivity index (χ2v) is 3.69. The lowest BCUT2D eigenvalue weighted by atomic mass is 10.1. The molecule has 0 saturated carbocycles. The maximum Gasteiger partial charge on any atom is 0.409 e. The largest absolute Gasteiger partial charge is 0.504 e. The fourth-order valence-electron chi connectivity index (χ4n) is 1.35. The van der Waals surface area contributed by atoms with Crippen molar-refractivity contribution in [2.24, 2.45) is 0 Å². The maximum absolute atomic E-state index is 11.3. The molecule has 0 spiro atoms. The lowest BCUT2D eigenvalue weighted by molar-refractivity contribution is 0.116. The highest BCUT2D eigenvalue weighted by atomic mass is 16.5. The number of amides is 1. The van der Waals surface area contributed by atoms with E-state index in [1.807, 2.05) is 0 Å². The first-order chi connectivity index (χ1) is 8.04. The van der Waals surface area contributed by atoms with E-state index < -0.39 is 0 Å². The summed E-state index contributed by atoms with van der Waals surface area (Å²) in [7, 11) is 1.65. The molecule has 94 valence electrons. The summed E-state index contributed by atoms with van der Waals surface area (Å²) in [6.45, 7) is 2.59. The normalized spacial score (nSPS) is 10.0. The van der Waals surface area contributed by atoms with Gasteiger partial charge in [0.1, 0.15) is 0 Å². The SMILES string of the molecule is CCOC(=O)N(C)CCc1ccc(O)c(O)c1. The molecule has 17 heavy (non-hydrogen) atoms. The smallest absolute Gasteiger partial charge is 0.409 e. The average Bonchev–Trinajstić information content (AvgIpc) is 2.30. The minimum Gasteiger partial charge on any atom is -0.504 e. The molecule has 0 saturated heterocycles. The number of aromatic hydroxyl groups is 2. The molecule has 1 amide bonds. The van der Waals surface area contributed by atoms with Gasteiger partial charge in [0.25, 0.3) is 0 Å². The highest BCUT2D eigenvalue weighted by Crippen LogP contribution is 2.24. The second-order valence-electron chi connectivity index (χ2n) is 3.69. The van der Waals surface area contributed by atoms with Crippen molar-refractivity contribution < 1.29 is 19.7 Å². The van der Waals surface area contributed by atoms with Crippen LogP contribution in [0, 0.1) is 0 Å². The summed E-state index contributed by atoms with van der Waals surface area (Å²) >= 11 is 0. The van der Waals surface area contributed by atoms with E-state index in [0.717, 1.165) is 5.56 Å². The van der Waals surface area contributed by atoms with Crippen LogP contribution in [-0.2, 0) is 11.2 Å². The van der Waals surface area contributed by atoms with Crippen molar-refractivity contribution in [2.75, 3.05) is 20.2 Å². The van der Waals surface area contributed by atoms with E-state index >= 15 is 0 Å². The van der Waals surface area contributed by atoms with Gasteiger partial charge >= 0.3 is 6.09 Å². The molecule has 0 unspecified atom stereocenters. The molecule has 0 aliphatic rings. The number of hydrogen-bond acceptors (Lipinski definition) is 4. The van der Waals surface area contributed by atoms with Gasteiger partial charge in [0.15, 0.2) is 11.5 Å². The van der Waals surface area contributed by atoms with Crippen molar-refractivity contribution in [3.8, 4) is 11.5 Å². The molecule has 0 aromatic heterocycles.